The number of fused-ring (bicyclic) bond motifs is 1. The van der Waals surface area contributed by atoms with Gasteiger partial charge in [-0.05, 0) is 29.7 Å². The predicted molar refractivity (Wildman–Crippen MR) is 90.9 cm³/mol. The lowest BCUT2D eigenvalue weighted by Crippen LogP contribution is -2.22. The third kappa shape index (κ3) is 3.68. The van der Waals surface area contributed by atoms with Gasteiger partial charge < -0.3 is 10.1 Å². The standard InChI is InChI=1S/C18H19NO3S/c1-23(21)17-9-5-4-8-15(17)19-18(20)12-16-14-7-3-2-6-13(14)10-11-22-16/h2-9,16H,10-12H2,1H3,(H,19,20)/t16-,23+/m0/s1. The first-order valence-corrected chi connectivity index (χ1v) is 9.12. The molecule has 0 aliphatic carbocycles. The summed E-state index contributed by atoms with van der Waals surface area (Å²) in [6, 6.07) is 15.2. The van der Waals surface area contributed by atoms with E-state index in [9.17, 15) is 9.00 Å². The average Bonchev–Trinajstić information content (AvgIpc) is 2.55. The Morgan fingerprint density at radius 3 is 2.78 bits per heavy atom. The number of nitrogens with one attached hydrogen (secondary N) is 1. The number of hydrogen-bond acceptors (Lipinski definition) is 3. The molecule has 1 heterocycles. The van der Waals surface area contributed by atoms with Crippen LogP contribution in [-0.2, 0) is 26.8 Å². The Kier molecular flexibility index (Phi) is 4.88. The van der Waals surface area contributed by atoms with Crippen LogP contribution in [0.1, 0.15) is 23.7 Å². The summed E-state index contributed by atoms with van der Waals surface area (Å²) in [7, 11) is -1.15. The van der Waals surface area contributed by atoms with Gasteiger partial charge in [0.1, 0.15) is 0 Å². The van der Waals surface area contributed by atoms with E-state index in [1.807, 2.05) is 30.3 Å². The van der Waals surface area contributed by atoms with Gasteiger partial charge in [0.2, 0.25) is 5.91 Å². The predicted octanol–water partition coefficient (Wildman–Crippen LogP) is 3.07. The molecule has 1 aliphatic rings. The van der Waals surface area contributed by atoms with Crippen LogP contribution in [-0.4, -0.2) is 23.0 Å². The maximum Gasteiger partial charge on any atom is 0.227 e. The van der Waals surface area contributed by atoms with Gasteiger partial charge in [-0.3, -0.25) is 9.00 Å². The van der Waals surface area contributed by atoms with E-state index in [1.165, 1.54) is 5.56 Å². The molecule has 0 radical (unpaired) electrons. The third-order valence-electron chi connectivity index (χ3n) is 3.93. The van der Waals surface area contributed by atoms with Gasteiger partial charge in [-0.15, -0.1) is 0 Å². The molecule has 4 nitrogen and oxygen atoms in total. The highest BCUT2D eigenvalue weighted by Crippen LogP contribution is 2.30. The molecule has 0 saturated heterocycles. The molecule has 0 saturated carbocycles. The molecule has 0 spiro atoms. The van der Waals surface area contributed by atoms with Crippen LogP contribution in [0, 0.1) is 0 Å². The highest BCUT2D eigenvalue weighted by atomic mass is 32.2. The first kappa shape index (κ1) is 15.9. The minimum absolute atomic E-state index is 0.135. The quantitative estimate of drug-likeness (QED) is 0.938. The van der Waals surface area contributed by atoms with E-state index in [1.54, 1.807) is 18.4 Å². The van der Waals surface area contributed by atoms with Crippen LogP contribution in [0.5, 0.6) is 0 Å². The lowest BCUT2D eigenvalue weighted by Gasteiger charge is -2.25. The topological polar surface area (TPSA) is 55.4 Å². The molecular formula is C18H19NO3S. The summed E-state index contributed by atoms with van der Waals surface area (Å²) < 4.78 is 17.5. The molecule has 5 heteroatoms. The summed E-state index contributed by atoms with van der Waals surface area (Å²) in [5.74, 6) is -0.135. The molecule has 0 unspecified atom stereocenters. The van der Waals surface area contributed by atoms with Gasteiger partial charge in [0.25, 0.3) is 0 Å². The molecule has 2 atom stereocenters. The molecule has 2 aromatic carbocycles. The maximum atomic E-state index is 12.4. The Labute approximate surface area is 138 Å². The molecule has 1 aliphatic heterocycles. The number of hydrogen-bond donors (Lipinski definition) is 1. The first-order valence-electron chi connectivity index (χ1n) is 7.57. The molecular weight excluding hydrogens is 310 g/mol. The van der Waals surface area contributed by atoms with Gasteiger partial charge in [-0.1, -0.05) is 36.4 Å². The number of carbonyl (C=O) groups is 1. The second kappa shape index (κ2) is 7.06. The maximum absolute atomic E-state index is 12.4. The summed E-state index contributed by atoms with van der Waals surface area (Å²) in [4.78, 5) is 13.0. The van der Waals surface area contributed by atoms with Crippen molar-refractivity contribution in [3.8, 4) is 0 Å². The second-order valence-electron chi connectivity index (χ2n) is 5.51. The zero-order chi connectivity index (χ0) is 16.2. The molecule has 0 fully saturated rings. The van der Waals surface area contributed by atoms with Crippen LogP contribution in [0.25, 0.3) is 0 Å². The number of anilines is 1. The lowest BCUT2D eigenvalue weighted by atomic mass is 9.95. The number of benzene rings is 2. The Morgan fingerprint density at radius 2 is 1.96 bits per heavy atom. The van der Waals surface area contributed by atoms with Crippen molar-refractivity contribution in [2.75, 3.05) is 18.2 Å². The third-order valence-corrected chi connectivity index (χ3v) is 4.91. The first-order chi connectivity index (χ1) is 11.1. The Hall–Kier alpha value is -1.98. The average molecular weight is 329 g/mol. The van der Waals surface area contributed by atoms with E-state index >= 15 is 0 Å². The van der Waals surface area contributed by atoms with Crippen LogP contribution >= 0.6 is 0 Å². The van der Waals surface area contributed by atoms with Crippen molar-refractivity contribution in [2.45, 2.75) is 23.8 Å². The molecule has 0 bridgehead atoms. The summed E-state index contributed by atoms with van der Waals surface area (Å²) in [6.07, 6.45) is 2.51. The molecule has 0 aromatic heterocycles. The van der Waals surface area contributed by atoms with E-state index in [2.05, 4.69) is 11.4 Å². The van der Waals surface area contributed by atoms with E-state index in [4.69, 9.17) is 4.74 Å². The fourth-order valence-electron chi connectivity index (χ4n) is 2.84. The smallest absolute Gasteiger partial charge is 0.227 e. The minimum atomic E-state index is -1.15. The van der Waals surface area contributed by atoms with Crippen LogP contribution in [0.15, 0.2) is 53.4 Å². The Bertz CT molecular complexity index is 745. The molecule has 1 N–H and O–H groups in total. The zero-order valence-corrected chi connectivity index (χ0v) is 13.8. The van der Waals surface area contributed by atoms with E-state index in [0.717, 1.165) is 12.0 Å². The van der Waals surface area contributed by atoms with Crippen LogP contribution in [0.2, 0.25) is 0 Å². The lowest BCUT2D eigenvalue weighted by molar-refractivity contribution is -0.119. The van der Waals surface area contributed by atoms with Gasteiger partial charge in [-0.2, -0.15) is 0 Å². The molecule has 120 valence electrons. The molecule has 3 rings (SSSR count). The number of para-hydroxylation sites is 1. The Balaban J connectivity index is 1.73. The minimum Gasteiger partial charge on any atom is -0.373 e. The van der Waals surface area contributed by atoms with Crippen molar-refractivity contribution in [1.29, 1.82) is 0 Å². The number of carbonyl (C=O) groups excluding carboxylic acids is 1. The van der Waals surface area contributed by atoms with Crippen molar-refractivity contribution in [2.24, 2.45) is 0 Å². The monoisotopic (exact) mass is 329 g/mol. The summed E-state index contributed by atoms with van der Waals surface area (Å²) in [5, 5.41) is 2.86. The van der Waals surface area contributed by atoms with Crippen molar-refractivity contribution in [1.82, 2.24) is 0 Å². The largest absolute Gasteiger partial charge is 0.373 e. The van der Waals surface area contributed by atoms with Crippen molar-refractivity contribution < 1.29 is 13.7 Å². The normalized spacial score (nSPS) is 18.0. The second-order valence-corrected chi connectivity index (χ2v) is 6.86. The zero-order valence-electron chi connectivity index (χ0n) is 13.0. The van der Waals surface area contributed by atoms with Gasteiger partial charge in [0.05, 0.1) is 40.5 Å². The van der Waals surface area contributed by atoms with Crippen LogP contribution in [0.4, 0.5) is 5.69 Å². The van der Waals surface area contributed by atoms with Gasteiger partial charge in [-0.25, -0.2) is 0 Å². The van der Waals surface area contributed by atoms with E-state index < -0.39 is 10.8 Å². The van der Waals surface area contributed by atoms with Gasteiger partial charge in [0.15, 0.2) is 0 Å². The number of rotatable bonds is 4. The van der Waals surface area contributed by atoms with Crippen molar-refractivity contribution in [3.63, 3.8) is 0 Å². The highest BCUT2D eigenvalue weighted by Gasteiger charge is 2.23. The fraction of sp³-hybridized carbons (Fsp3) is 0.278. The van der Waals surface area contributed by atoms with Crippen LogP contribution < -0.4 is 5.32 Å². The number of ether oxygens (including phenoxy) is 1. The molecule has 23 heavy (non-hydrogen) atoms. The Morgan fingerprint density at radius 1 is 1.22 bits per heavy atom. The van der Waals surface area contributed by atoms with Gasteiger partial charge in [0, 0.05) is 6.26 Å². The van der Waals surface area contributed by atoms with E-state index in [-0.39, 0.29) is 18.4 Å². The van der Waals surface area contributed by atoms with Crippen molar-refractivity contribution >= 4 is 22.4 Å². The van der Waals surface area contributed by atoms with Crippen LogP contribution in [0.3, 0.4) is 0 Å². The van der Waals surface area contributed by atoms with Crippen molar-refractivity contribution in [3.05, 3.63) is 59.7 Å². The SMILES string of the molecule is C[S@@](=O)c1ccccc1NC(=O)C[C@@H]1OCCc2ccccc21. The van der Waals surface area contributed by atoms with E-state index in [0.29, 0.717) is 17.2 Å². The fourth-order valence-corrected chi connectivity index (χ4v) is 3.53. The number of amides is 1. The molecule has 1 amide bonds. The molecule has 2 aromatic rings. The van der Waals surface area contributed by atoms with Gasteiger partial charge >= 0.3 is 0 Å². The summed E-state index contributed by atoms with van der Waals surface area (Å²) in [5.41, 5.74) is 2.93. The summed E-state index contributed by atoms with van der Waals surface area (Å²) in [6.45, 7) is 0.629. The highest BCUT2D eigenvalue weighted by molar-refractivity contribution is 7.84. The summed E-state index contributed by atoms with van der Waals surface area (Å²) >= 11 is 0.